The van der Waals surface area contributed by atoms with Gasteiger partial charge in [-0.25, -0.2) is 4.39 Å². The summed E-state index contributed by atoms with van der Waals surface area (Å²) < 4.78 is 15.6. The second-order valence-electron chi connectivity index (χ2n) is 11.3. The fourth-order valence-corrected chi connectivity index (χ4v) is 5.94. The molecule has 216 valence electrons. The molecule has 2 aromatic rings. The van der Waals surface area contributed by atoms with E-state index >= 15 is 0 Å². The van der Waals surface area contributed by atoms with Gasteiger partial charge in [0, 0.05) is 34.9 Å². The summed E-state index contributed by atoms with van der Waals surface area (Å²) in [5.41, 5.74) is 2.21. The monoisotopic (exact) mass is 580 g/mol. The van der Waals surface area contributed by atoms with Crippen LogP contribution in [-0.2, 0) is 29.1 Å². The minimum absolute atomic E-state index is 0.0452. The van der Waals surface area contributed by atoms with Gasteiger partial charge in [-0.15, -0.1) is 0 Å². The number of fused-ring (bicyclic) bond motifs is 2. The first kappa shape index (κ1) is 28.8. The first-order chi connectivity index (χ1) is 19.5. The molecule has 0 radical (unpaired) electrons. The number of halogens is 2. The van der Waals surface area contributed by atoms with Gasteiger partial charge < -0.3 is 20.1 Å². The number of rotatable bonds is 8. The van der Waals surface area contributed by atoms with Gasteiger partial charge in [-0.2, -0.15) is 0 Å². The molecule has 2 aliphatic heterocycles. The van der Waals surface area contributed by atoms with Crippen molar-refractivity contribution in [2.75, 3.05) is 13.1 Å². The van der Waals surface area contributed by atoms with E-state index in [1.165, 1.54) is 16.4 Å². The molecule has 3 heterocycles. The molecule has 2 N–H and O–H groups in total. The van der Waals surface area contributed by atoms with Crippen LogP contribution in [0.3, 0.4) is 0 Å². The molecule has 3 amide bonds. The van der Waals surface area contributed by atoms with Crippen molar-refractivity contribution in [3.63, 3.8) is 0 Å². The van der Waals surface area contributed by atoms with Crippen molar-refractivity contribution < 1.29 is 18.8 Å². The lowest BCUT2D eigenvalue weighted by molar-refractivity contribution is -0.144. The van der Waals surface area contributed by atoms with Crippen LogP contribution in [0.15, 0.2) is 52.5 Å². The number of aromatic nitrogens is 1. The Balaban J connectivity index is 1.60. The van der Waals surface area contributed by atoms with Gasteiger partial charge in [-0.05, 0) is 55.2 Å². The predicted octanol–water partition coefficient (Wildman–Crippen LogP) is 4.15. The summed E-state index contributed by atoms with van der Waals surface area (Å²) in [5.74, 6) is -1.56. The maximum atomic E-state index is 14.2. The molecule has 5 rings (SSSR count). The highest BCUT2D eigenvalue weighted by Crippen LogP contribution is 2.40. The summed E-state index contributed by atoms with van der Waals surface area (Å²) in [6.07, 6.45) is 4.35. The van der Waals surface area contributed by atoms with Crippen molar-refractivity contribution in [2.24, 2.45) is 5.92 Å². The van der Waals surface area contributed by atoms with Gasteiger partial charge in [0.2, 0.25) is 11.8 Å². The molecule has 1 fully saturated rings. The van der Waals surface area contributed by atoms with Gasteiger partial charge in [0.05, 0.1) is 19.0 Å². The van der Waals surface area contributed by atoms with E-state index in [0.29, 0.717) is 41.2 Å². The number of allylic oxidation sites excluding steroid dienone is 2. The highest BCUT2D eigenvalue weighted by Gasteiger charge is 2.42. The Morgan fingerprint density at radius 1 is 1.17 bits per heavy atom. The van der Waals surface area contributed by atoms with Gasteiger partial charge in [0.25, 0.3) is 11.5 Å². The van der Waals surface area contributed by atoms with Gasteiger partial charge >= 0.3 is 0 Å². The molecule has 41 heavy (non-hydrogen) atoms. The average molecular weight is 581 g/mol. The van der Waals surface area contributed by atoms with Crippen molar-refractivity contribution in [3.05, 3.63) is 85.4 Å². The van der Waals surface area contributed by atoms with Gasteiger partial charge in [0.1, 0.15) is 17.8 Å². The summed E-state index contributed by atoms with van der Waals surface area (Å²) in [7, 11) is 0. The third kappa shape index (κ3) is 5.73. The number of benzene rings is 1. The number of hydrogen-bond donors (Lipinski definition) is 2. The molecule has 10 heteroatoms. The first-order valence-electron chi connectivity index (χ1n) is 14.0. The zero-order chi connectivity index (χ0) is 29.5. The fraction of sp³-hybridized carbons (Fsp3) is 0.419. The van der Waals surface area contributed by atoms with Gasteiger partial charge in [-0.1, -0.05) is 49.6 Å². The molecule has 1 aromatic heterocycles. The maximum Gasteiger partial charge on any atom is 0.264 e. The second kappa shape index (κ2) is 11.3. The third-order valence-corrected chi connectivity index (χ3v) is 8.23. The minimum atomic E-state index is -1.46. The van der Waals surface area contributed by atoms with Crippen LogP contribution in [0, 0.1) is 5.92 Å². The number of hydrogen-bond acceptors (Lipinski definition) is 4. The lowest BCUT2D eigenvalue weighted by atomic mass is 9.88. The lowest BCUT2D eigenvalue weighted by Gasteiger charge is -2.42. The molecular formula is C31H34ClFN4O4. The van der Waals surface area contributed by atoms with Crippen LogP contribution < -0.4 is 16.2 Å². The van der Waals surface area contributed by atoms with Crippen LogP contribution >= 0.6 is 11.6 Å². The second-order valence-corrected chi connectivity index (χ2v) is 11.7. The van der Waals surface area contributed by atoms with Crippen LogP contribution in [0.1, 0.15) is 67.2 Å². The Morgan fingerprint density at radius 2 is 1.88 bits per heavy atom. The van der Waals surface area contributed by atoms with Crippen LogP contribution in [0.25, 0.3) is 5.57 Å². The van der Waals surface area contributed by atoms with Gasteiger partial charge in [-0.3, -0.25) is 19.2 Å². The molecule has 0 spiro atoms. The largest absolute Gasteiger partial charge is 0.348 e. The summed E-state index contributed by atoms with van der Waals surface area (Å²) in [6.45, 7) is 5.18. The molecule has 1 saturated heterocycles. The molecule has 1 atom stereocenters. The molecule has 8 nitrogen and oxygen atoms in total. The number of pyridine rings is 1. The van der Waals surface area contributed by atoms with Crippen molar-refractivity contribution >= 4 is 34.9 Å². The fourth-order valence-electron chi connectivity index (χ4n) is 5.81. The van der Waals surface area contributed by atoms with Gasteiger partial charge in [0.15, 0.2) is 0 Å². The standard InChI is InChI=1S/C31H34ClFN4O4/c1-4-6-21-27-22-13-23(28(39)34-14-19-7-9-20(32)10-8-19)30(41)37(15-26(38)36-16-31(3,33)17-36)25(22)12-18(5-2)11-24(27)35-29(21)40/h7-11,13,21H,4-6,12,14-17H2,1-3H3,(H,34,39)(H,35,40). The molecular weight excluding hydrogens is 547 g/mol. The molecule has 0 bridgehead atoms. The third-order valence-electron chi connectivity index (χ3n) is 7.98. The van der Waals surface area contributed by atoms with Crippen molar-refractivity contribution in [3.8, 4) is 0 Å². The number of amides is 3. The number of carbonyl (C=O) groups excluding carboxylic acids is 3. The van der Waals surface area contributed by atoms with Crippen molar-refractivity contribution in [2.45, 2.75) is 65.2 Å². The Kier molecular flexibility index (Phi) is 7.92. The number of alkyl halides is 1. The number of likely N-dealkylation sites (tertiary alicyclic amines) is 1. The summed E-state index contributed by atoms with van der Waals surface area (Å²) in [4.78, 5) is 55.0. The average Bonchev–Trinajstić information content (AvgIpc) is 3.12. The van der Waals surface area contributed by atoms with E-state index in [2.05, 4.69) is 10.6 Å². The zero-order valence-corrected chi connectivity index (χ0v) is 24.2. The predicted molar refractivity (Wildman–Crippen MR) is 155 cm³/mol. The van der Waals surface area contributed by atoms with Crippen LogP contribution in [0.5, 0.6) is 0 Å². The smallest absolute Gasteiger partial charge is 0.264 e. The van der Waals surface area contributed by atoms with Crippen LogP contribution in [-0.4, -0.2) is 45.9 Å². The summed E-state index contributed by atoms with van der Waals surface area (Å²) in [5, 5.41) is 6.38. The highest BCUT2D eigenvalue weighted by atomic mass is 35.5. The number of carbonyl (C=O) groups is 3. The van der Waals surface area contributed by atoms with E-state index in [-0.39, 0.29) is 37.6 Å². The van der Waals surface area contributed by atoms with E-state index in [1.54, 1.807) is 30.3 Å². The normalized spacial score (nSPS) is 19.0. The van der Waals surface area contributed by atoms with Crippen molar-refractivity contribution in [1.82, 2.24) is 20.1 Å². The van der Waals surface area contributed by atoms with E-state index in [0.717, 1.165) is 23.1 Å². The first-order valence-corrected chi connectivity index (χ1v) is 14.4. The summed E-state index contributed by atoms with van der Waals surface area (Å²) in [6, 6.07) is 8.56. The van der Waals surface area contributed by atoms with Crippen LogP contribution in [0.4, 0.5) is 4.39 Å². The van der Waals surface area contributed by atoms with E-state index in [1.807, 2.05) is 19.9 Å². The molecule has 3 aliphatic rings. The van der Waals surface area contributed by atoms with Crippen molar-refractivity contribution in [1.29, 1.82) is 0 Å². The minimum Gasteiger partial charge on any atom is -0.348 e. The molecule has 1 unspecified atom stereocenters. The van der Waals surface area contributed by atoms with E-state index in [9.17, 15) is 23.6 Å². The molecule has 0 saturated carbocycles. The van der Waals surface area contributed by atoms with Crippen LogP contribution in [0.2, 0.25) is 5.02 Å². The number of nitrogens with one attached hydrogen (secondary N) is 2. The number of nitrogens with zero attached hydrogens (tertiary/aromatic N) is 2. The Bertz CT molecular complexity index is 1530. The molecule has 1 aliphatic carbocycles. The summed E-state index contributed by atoms with van der Waals surface area (Å²) >= 11 is 5.97. The molecule has 1 aromatic carbocycles. The quantitative estimate of drug-likeness (QED) is 0.490. The SMILES string of the molecule is CCCC1C(=O)NC2=C1c1cc(C(=O)NCc3ccc(Cl)cc3)c(=O)n(CC(=O)N3CC(C)(F)C3)c1CC(CC)=C2. The zero-order valence-electron chi connectivity index (χ0n) is 23.5. The Hall–Kier alpha value is -3.72. The van der Waals surface area contributed by atoms with E-state index < -0.39 is 29.0 Å². The topological polar surface area (TPSA) is 101 Å². The lowest BCUT2D eigenvalue weighted by Crippen LogP contribution is -2.60. The highest BCUT2D eigenvalue weighted by molar-refractivity contribution is 6.30. The maximum absolute atomic E-state index is 14.2. The Labute approximate surface area is 243 Å². The Morgan fingerprint density at radius 3 is 2.51 bits per heavy atom. The van der Waals surface area contributed by atoms with E-state index in [4.69, 9.17) is 11.6 Å².